The molecule has 0 aliphatic rings. The molecule has 0 fully saturated rings. The van der Waals surface area contributed by atoms with Crippen LogP contribution in [0.25, 0.3) is 98.0 Å². The Morgan fingerprint density at radius 2 is 1.06 bits per heavy atom. The predicted molar refractivity (Wildman–Crippen MR) is 215 cm³/mol. The van der Waals surface area contributed by atoms with Gasteiger partial charge in [-0.1, -0.05) is 146 Å². The number of hydrogen-bond donors (Lipinski definition) is 0. The fraction of sp³-hybridized carbons (Fsp3) is 0. The molecule has 0 N–H and O–H groups in total. The molecule has 0 bridgehead atoms. The van der Waals surface area contributed by atoms with Crippen LogP contribution in [0.2, 0.25) is 0 Å². The molecule has 0 amide bonds. The van der Waals surface area contributed by atoms with Crippen LogP contribution >= 0.6 is 11.3 Å². The van der Waals surface area contributed by atoms with Crippen LogP contribution in [0, 0.1) is 0 Å². The first-order valence-electron chi connectivity index (χ1n) is 17.1. The van der Waals surface area contributed by atoms with Crippen LogP contribution in [-0.2, 0) is 0 Å². The van der Waals surface area contributed by atoms with E-state index in [4.69, 9.17) is 15.0 Å². The van der Waals surface area contributed by atoms with Crippen molar-refractivity contribution in [1.82, 2.24) is 15.0 Å². The lowest BCUT2D eigenvalue weighted by Gasteiger charge is -2.12. The molecular weight excluding hydrogens is 639 g/mol. The SMILES string of the molecule is c1ccc(-c2ccc(-c3nc(-c4cccc(-c5cccc(-c6cccc7c6ccc6cccnc67)c5)c4)nc4c3sc3ccccc34)cc2)cc1. The van der Waals surface area contributed by atoms with Crippen molar-refractivity contribution < 1.29 is 0 Å². The van der Waals surface area contributed by atoms with Gasteiger partial charge in [-0.15, -0.1) is 11.3 Å². The van der Waals surface area contributed by atoms with Gasteiger partial charge in [0.25, 0.3) is 0 Å². The lowest BCUT2D eigenvalue weighted by molar-refractivity contribution is 1.24. The average Bonchev–Trinajstić information content (AvgIpc) is 3.59. The molecule has 0 spiro atoms. The van der Waals surface area contributed by atoms with E-state index in [-0.39, 0.29) is 0 Å². The van der Waals surface area contributed by atoms with Crippen LogP contribution in [-0.4, -0.2) is 15.0 Å². The number of thiophene rings is 1. The zero-order chi connectivity index (χ0) is 33.7. The molecule has 0 atom stereocenters. The summed E-state index contributed by atoms with van der Waals surface area (Å²) in [5, 5.41) is 4.67. The lowest BCUT2D eigenvalue weighted by Crippen LogP contribution is -1.94. The normalized spacial score (nSPS) is 11.5. The van der Waals surface area contributed by atoms with Crippen molar-refractivity contribution in [3.05, 3.63) is 176 Å². The van der Waals surface area contributed by atoms with Crippen molar-refractivity contribution in [1.29, 1.82) is 0 Å². The minimum atomic E-state index is 0.722. The second-order valence-electron chi connectivity index (χ2n) is 12.8. The topological polar surface area (TPSA) is 38.7 Å². The van der Waals surface area contributed by atoms with Crippen molar-refractivity contribution in [2.45, 2.75) is 0 Å². The highest BCUT2D eigenvalue weighted by molar-refractivity contribution is 7.26. The molecule has 4 heteroatoms. The second kappa shape index (κ2) is 12.1. The molecule has 7 aromatic carbocycles. The highest BCUT2D eigenvalue weighted by Crippen LogP contribution is 2.40. The summed E-state index contributed by atoms with van der Waals surface area (Å²) < 4.78 is 2.32. The number of benzene rings is 7. The maximum absolute atomic E-state index is 5.29. The molecule has 0 aliphatic carbocycles. The van der Waals surface area contributed by atoms with Crippen LogP contribution < -0.4 is 0 Å². The number of nitrogens with zero attached hydrogens (tertiary/aromatic N) is 3. The first-order chi connectivity index (χ1) is 25.3. The zero-order valence-electron chi connectivity index (χ0n) is 27.5. The number of pyridine rings is 1. The number of rotatable bonds is 5. The van der Waals surface area contributed by atoms with Gasteiger partial charge in [-0.05, 0) is 63.0 Å². The summed E-state index contributed by atoms with van der Waals surface area (Å²) in [5.74, 6) is 0.722. The van der Waals surface area contributed by atoms with E-state index in [9.17, 15) is 0 Å². The molecule has 3 aromatic heterocycles. The number of aromatic nitrogens is 3. The predicted octanol–water partition coefficient (Wildman–Crippen LogP) is 12.9. The Kier molecular flexibility index (Phi) is 7.00. The van der Waals surface area contributed by atoms with Crippen molar-refractivity contribution in [3.8, 4) is 56.0 Å². The molecule has 0 saturated heterocycles. The first kappa shape index (κ1) is 29.4. The van der Waals surface area contributed by atoms with Crippen LogP contribution in [0.1, 0.15) is 0 Å². The summed E-state index contributed by atoms with van der Waals surface area (Å²) in [6, 6.07) is 60.2. The fourth-order valence-corrected chi connectivity index (χ4v) is 8.38. The summed E-state index contributed by atoms with van der Waals surface area (Å²) in [6.45, 7) is 0. The highest BCUT2D eigenvalue weighted by atomic mass is 32.1. The summed E-state index contributed by atoms with van der Waals surface area (Å²) >= 11 is 1.76. The van der Waals surface area contributed by atoms with Gasteiger partial charge in [-0.2, -0.15) is 0 Å². The van der Waals surface area contributed by atoms with Crippen molar-refractivity contribution in [3.63, 3.8) is 0 Å². The maximum Gasteiger partial charge on any atom is 0.160 e. The van der Waals surface area contributed by atoms with Gasteiger partial charge in [0.05, 0.1) is 21.4 Å². The van der Waals surface area contributed by atoms with Crippen molar-refractivity contribution in [2.24, 2.45) is 0 Å². The van der Waals surface area contributed by atoms with E-state index in [1.54, 1.807) is 11.3 Å². The van der Waals surface area contributed by atoms with E-state index >= 15 is 0 Å². The quantitative estimate of drug-likeness (QED) is 0.171. The van der Waals surface area contributed by atoms with E-state index in [2.05, 4.69) is 164 Å². The third-order valence-electron chi connectivity index (χ3n) is 9.74. The zero-order valence-corrected chi connectivity index (χ0v) is 28.3. The molecule has 3 nitrogen and oxygen atoms in total. The van der Waals surface area contributed by atoms with Gasteiger partial charge in [0.15, 0.2) is 5.82 Å². The maximum atomic E-state index is 5.29. The molecule has 0 radical (unpaired) electrons. The Morgan fingerprint density at radius 1 is 0.392 bits per heavy atom. The molecule has 238 valence electrons. The molecule has 10 rings (SSSR count). The van der Waals surface area contributed by atoms with E-state index in [1.807, 2.05) is 12.3 Å². The second-order valence-corrected chi connectivity index (χ2v) is 13.9. The van der Waals surface area contributed by atoms with Gasteiger partial charge in [0, 0.05) is 38.2 Å². The number of hydrogen-bond acceptors (Lipinski definition) is 4. The smallest absolute Gasteiger partial charge is 0.160 e. The first-order valence-corrected chi connectivity index (χ1v) is 17.9. The minimum absolute atomic E-state index is 0.722. The minimum Gasteiger partial charge on any atom is -0.256 e. The standard InChI is InChI=1S/C47H29N3S/c1-2-10-30(11-3-1)31-21-23-33(24-22-31)44-46-45(41-17-4-5-20-42(41)51-46)50-47(49-44)37-15-7-13-35(29-37)34-12-6-14-36(28-34)38-18-8-19-40-39(38)26-25-32-16-9-27-48-43(32)40/h1-29H. The van der Waals surface area contributed by atoms with Crippen LogP contribution in [0.5, 0.6) is 0 Å². The highest BCUT2D eigenvalue weighted by Gasteiger charge is 2.17. The lowest BCUT2D eigenvalue weighted by atomic mass is 9.94. The summed E-state index contributed by atoms with van der Waals surface area (Å²) in [6.07, 6.45) is 1.87. The van der Waals surface area contributed by atoms with Crippen molar-refractivity contribution in [2.75, 3.05) is 0 Å². The van der Waals surface area contributed by atoms with Gasteiger partial charge < -0.3 is 0 Å². The Bertz CT molecular complexity index is 2910. The molecule has 51 heavy (non-hydrogen) atoms. The molecule has 10 aromatic rings. The van der Waals surface area contributed by atoms with Crippen LogP contribution in [0.4, 0.5) is 0 Å². The monoisotopic (exact) mass is 667 g/mol. The van der Waals surface area contributed by atoms with Gasteiger partial charge in [-0.3, -0.25) is 4.98 Å². The van der Waals surface area contributed by atoms with Gasteiger partial charge in [0.1, 0.15) is 0 Å². The average molecular weight is 668 g/mol. The van der Waals surface area contributed by atoms with Gasteiger partial charge in [0.2, 0.25) is 0 Å². The Labute approximate surface area is 299 Å². The third kappa shape index (κ3) is 5.16. The number of fused-ring (bicyclic) bond motifs is 6. The molecule has 0 unspecified atom stereocenters. The van der Waals surface area contributed by atoms with Gasteiger partial charge >= 0.3 is 0 Å². The Morgan fingerprint density at radius 3 is 1.92 bits per heavy atom. The summed E-state index contributed by atoms with van der Waals surface area (Å²) in [4.78, 5) is 15.2. The molecule has 3 heterocycles. The van der Waals surface area contributed by atoms with E-state index in [0.29, 0.717) is 0 Å². The van der Waals surface area contributed by atoms with E-state index < -0.39 is 0 Å². The Hall–Kier alpha value is -6.49. The largest absolute Gasteiger partial charge is 0.256 e. The summed E-state index contributed by atoms with van der Waals surface area (Å²) in [7, 11) is 0. The fourth-order valence-electron chi connectivity index (χ4n) is 7.22. The molecular formula is C47H29N3S. The van der Waals surface area contributed by atoms with Gasteiger partial charge in [-0.25, -0.2) is 9.97 Å². The van der Waals surface area contributed by atoms with Crippen LogP contribution in [0.15, 0.2) is 176 Å². The van der Waals surface area contributed by atoms with E-state index in [0.717, 1.165) is 65.7 Å². The molecule has 0 aliphatic heterocycles. The van der Waals surface area contributed by atoms with Crippen LogP contribution in [0.3, 0.4) is 0 Å². The van der Waals surface area contributed by atoms with Crippen molar-refractivity contribution >= 4 is 53.3 Å². The van der Waals surface area contributed by atoms with E-state index in [1.165, 1.54) is 32.3 Å². The Balaban J connectivity index is 1.08. The third-order valence-corrected chi connectivity index (χ3v) is 10.9. The molecule has 0 saturated carbocycles. The summed E-state index contributed by atoms with van der Waals surface area (Å²) in [5.41, 5.74) is 12.1.